The Balaban J connectivity index is 1.31. The molecule has 0 aliphatic rings. The third-order valence-corrected chi connectivity index (χ3v) is 7.12. The fraction of sp³-hybridized carbons (Fsp3) is 0.100. The van der Waals surface area contributed by atoms with Gasteiger partial charge in [-0.3, -0.25) is 0 Å². The highest BCUT2D eigenvalue weighted by Crippen LogP contribution is 2.45. The third-order valence-electron chi connectivity index (χ3n) is 5.91. The second-order valence-electron chi connectivity index (χ2n) is 8.39. The quantitative estimate of drug-likeness (QED) is 0.167. The molecule has 186 valence electrons. The Hall–Kier alpha value is -4.33. The molecule has 6 nitrogen and oxygen atoms in total. The fourth-order valence-electron chi connectivity index (χ4n) is 4.07. The van der Waals surface area contributed by atoms with Crippen LogP contribution in [0.3, 0.4) is 0 Å². The molecule has 5 rings (SSSR count). The van der Waals surface area contributed by atoms with E-state index in [9.17, 15) is 20.1 Å². The Morgan fingerprint density at radius 1 is 0.811 bits per heavy atom. The first-order valence-corrected chi connectivity index (χ1v) is 12.5. The second-order valence-corrected chi connectivity index (χ2v) is 9.45. The summed E-state index contributed by atoms with van der Waals surface area (Å²) >= 11 is 1.47. The summed E-state index contributed by atoms with van der Waals surface area (Å²) in [6, 6.07) is 27.8. The fourth-order valence-corrected chi connectivity index (χ4v) is 5.34. The lowest BCUT2D eigenvalue weighted by atomic mass is 9.96. The van der Waals surface area contributed by atoms with Crippen molar-refractivity contribution in [2.24, 2.45) is 0 Å². The van der Waals surface area contributed by atoms with Crippen molar-refractivity contribution in [3.8, 4) is 27.7 Å². The minimum absolute atomic E-state index is 0.113. The van der Waals surface area contributed by atoms with Crippen LogP contribution in [-0.4, -0.2) is 34.5 Å². The predicted molar refractivity (Wildman–Crippen MR) is 143 cm³/mol. The molecule has 3 N–H and O–H groups in total. The lowest BCUT2D eigenvalue weighted by Gasteiger charge is -2.15. The zero-order valence-corrected chi connectivity index (χ0v) is 20.5. The maximum Gasteiger partial charge on any atom is 0.338 e. The van der Waals surface area contributed by atoms with Crippen LogP contribution in [0, 0.1) is 0 Å². The molecule has 0 amide bonds. The SMILES string of the molecule is O=C(OCCOc1ccc(C(O)c2c(-c3ccc(O)cc3)sc3cc(O)ccc23)cc1)c1ccccc1. The Labute approximate surface area is 217 Å². The number of phenols is 2. The molecular formula is C30H24O6S. The summed E-state index contributed by atoms with van der Waals surface area (Å²) in [4.78, 5) is 12.9. The molecule has 5 aromatic rings. The van der Waals surface area contributed by atoms with Gasteiger partial charge >= 0.3 is 5.97 Å². The number of hydrogen-bond acceptors (Lipinski definition) is 7. The Kier molecular flexibility index (Phi) is 7.07. The summed E-state index contributed by atoms with van der Waals surface area (Å²) in [5.41, 5.74) is 2.75. The summed E-state index contributed by atoms with van der Waals surface area (Å²) in [7, 11) is 0. The van der Waals surface area contributed by atoms with Crippen LogP contribution in [0.5, 0.6) is 17.2 Å². The van der Waals surface area contributed by atoms with Gasteiger partial charge in [-0.05, 0) is 83.2 Å². The lowest BCUT2D eigenvalue weighted by molar-refractivity contribution is 0.0450. The topological polar surface area (TPSA) is 96.2 Å². The lowest BCUT2D eigenvalue weighted by Crippen LogP contribution is -2.12. The van der Waals surface area contributed by atoms with Gasteiger partial charge in [0.25, 0.3) is 0 Å². The zero-order chi connectivity index (χ0) is 25.8. The average molecular weight is 513 g/mol. The molecule has 0 aliphatic heterocycles. The van der Waals surface area contributed by atoms with E-state index in [4.69, 9.17) is 9.47 Å². The van der Waals surface area contributed by atoms with Gasteiger partial charge in [0.15, 0.2) is 0 Å². The van der Waals surface area contributed by atoms with Gasteiger partial charge in [-0.1, -0.05) is 30.3 Å². The highest BCUT2D eigenvalue weighted by molar-refractivity contribution is 7.22. The van der Waals surface area contributed by atoms with Crippen LogP contribution in [0.4, 0.5) is 0 Å². The number of ether oxygens (including phenoxy) is 2. The molecular weight excluding hydrogens is 488 g/mol. The van der Waals surface area contributed by atoms with Crippen LogP contribution in [-0.2, 0) is 4.74 Å². The van der Waals surface area contributed by atoms with Crippen molar-refractivity contribution in [3.05, 3.63) is 114 Å². The highest BCUT2D eigenvalue weighted by atomic mass is 32.1. The van der Waals surface area contributed by atoms with E-state index in [1.165, 1.54) is 11.3 Å². The maximum atomic E-state index is 12.0. The van der Waals surface area contributed by atoms with E-state index in [0.29, 0.717) is 16.9 Å². The Bertz CT molecular complexity index is 1510. The summed E-state index contributed by atoms with van der Waals surface area (Å²) in [5, 5.41) is 31.9. The number of benzene rings is 4. The van der Waals surface area contributed by atoms with E-state index in [1.54, 1.807) is 91.0 Å². The predicted octanol–water partition coefficient (Wildman–Crippen LogP) is 6.30. The molecule has 37 heavy (non-hydrogen) atoms. The van der Waals surface area contributed by atoms with Crippen LogP contribution in [0.2, 0.25) is 0 Å². The molecule has 1 unspecified atom stereocenters. The van der Waals surface area contributed by atoms with E-state index < -0.39 is 12.1 Å². The monoisotopic (exact) mass is 512 g/mol. The van der Waals surface area contributed by atoms with E-state index in [0.717, 1.165) is 26.1 Å². The molecule has 1 atom stereocenters. The van der Waals surface area contributed by atoms with Crippen LogP contribution < -0.4 is 4.74 Å². The van der Waals surface area contributed by atoms with Crippen molar-refractivity contribution in [3.63, 3.8) is 0 Å². The van der Waals surface area contributed by atoms with Gasteiger partial charge in [-0.25, -0.2) is 4.79 Å². The van der Waals surface area contributed by atoms with Gasteiger partial charge in [0.1, 0.15) is 36.6 Å². The molecule has 0 saturated heterocycles. The van der Waals surface area contributed by atoms with Crippen LogP contribution in [0.25, 0.3) is 20.5 Å². The van der Waals surface area contributed by atoms with Crippen LogP contribution in [0.1, 0.15) is 27.6 Å². The Morgan fingerprint density at radius 2 is 1.51 bits per heavy atom. The van der Waals surface area contributed by atoms with Crippen molar-refractivity contribution < 1.29 is 29.6 Å². The summed E-state index contributed by atoms with van der Waals surface area (Å²) in [6.45, 7) is 0.311. The maximum absolute atomic E-state index is 12.0. The first kappa shape index (κ1) is 24.4. The molecule has 0 spiro atoms. The van der Waals surface area contributed by atoms with Gasteiger partial charge < -0.3 is 24.8 Å². The number of phenolic OH excluding ortho intramolecular Hbond substituents is 2. The van der Waals surface area contributed by atoms with Crippen molar-refractivity contribution in [2.75, 3.05) is 13.2 Å². The zero-order valence-electron chi connectivity index (χ0n) is 19.7. The average Bonchev–Trinajstić information content (AvgIpc) is 3.30. The normalized spacial score (nSPS) is 11.8. The van der Waals surface area contributed by atoms with Gasteiger partial charge in [0.2, 0.25) is 0 Å². The number of aromatic hydroxyl groups is 2. The van der Waals surface area contributed by atoms with Crippen molar-refractivity contribution in [1.29, 1.82) is 0 Å². The number of hydrogen-bond donors (Lipinski definition) is 3. The summed E-state index contributed by atoms with van der Waals surface area (Å²) < 4.78 is 11.8. The molecule has 7 heteroatoms. The van der Waals surface area contributed by atoms with Crippen molar-refractivity contribution >= 4 is 27.4 Å². The number of aliphatic hydroxyl groups is 1. The first-order valence-electron chi connectivity index (χ1n) is 11.7. The molecule has 1 heterocycles. The van der Waals surface area contributed by atoms with Gasteiger partial charge in [0.05, 0.1) is 5.56 Å². The van der Waals surface area contributed by atoms with Crippen molar-refractivity contribution in [1.82, 2.24) is 0 Å². The molecule has 0 radical (unpaired) electrons. The largest absolute Gasteiger partial charge is 0.508 e. The highest BCUT2D eigenvalue weighted by Gasteiger charge is 2.22. The van der Waals surface area contributed by atoms with E-state index in [1.807, 2.05) is 6.07 Å². The van der Waals surface area contributed by atoms with Crippen molar-refractivity contribution in [2.45, 2.75) is 6.10 Å². The first-order chi connectivity index (χ1) is 18.0. The number of carbonyl (C=O) groups is 1. The number of esters is 1. The number of carbonyl (C=O) groups excluding carboxylic acids is 1. The Morgan fingerprint density at radius 3 is 2.24 bits per heavy atom. The van der Waals surface area contributed by atoms with Gasteiger partial charge in [0, 0.05) is 15.1 Å². The molecule has 0 saturated carbocycles. The molecule has 1 aromatic heterocycles. The van der Waals surface area contributed by atoms with E-state index in [2.05, 4.69) is 0 Å². The van der Waals surface area contributed by atoms with Gasteiger partial charge in [-0.15, -0.1) is 11.3 Å². The molecule has 0 fully saturated rings. The molecule has 0 bridgehead atoms. The van der Waals surface area contributed by atoms with E-state index >= 15 is 0 Å². The number of thiophene rings is 1. The van der Waals surface area contributed by atoms with E-state index in [-0.39, 0.29) is 24.7 Å². The smallest absolute Gasteiger partial charge is 0.338 e. The molecule has 4 aromatic carbocycles. The third kappa shape index (κ3) is 5.43. The van der Waals surface area contributed by atoms with Gasteiger partial charge in [-0.2, -0.15) is 0 Å². The molecule has 0 aliphatic carbocycles. The summed E-state index contributed by atoms with van der Waals surface area (Å²) in [6.07, 6.45) is -0.928. The number of aliphatic hydroxyl groups excluding tert-OH is 1. The van der Waals surface area contributed by atoms with Crippen LogP contribution >= 0.6 is 11.3 Å². The summed E-state index contributed by atoms with van der Waals surface area (Å²) in [5.74, 6) is 0.506. The minimum Gasteiger partial charge on any atom is -0.508 e. The van der Waals surface area contributed by atoms with Crippen LogP contribution in [0.15, 0.2) is 97.1 Å². The second kappa shape index (κ2) is 10.7. The number of rotatable bonds is 8. The minimum atomic E-state index is -0.928. The number of fused-ring (bicyclic) bond motifs is 1. The standard InChI is InChI=1S/C30H24O6S/c31-22-10-6-20(7-11-22)29-27(25-15-12-23(32)18-26(25)37-29)28(33)19-8-13-24(14-9-19)35-16-17-36-30(34)21-4-2-1-3-5-21/h1-15,18,28,31-33H,16-17H2.